The Labute approximate surface area is 143 Å². The zero-order valence-corrected chi connectivity index (χ0v) is 15.0. The van der Waals surface area contributed by atoms with E-state index in [1.54, 1.807) is 13.8 Å². The van der Waals surface area contributed by atoms with Crippen LogP contribution in [0.3, 0.4) is 0 Å². The highest BCUT2D eigenvalue weighted by Gasteiger charge is 2.13. The van der Waals surface area contributed by atoms with E-state index in [0.717, 1.165) is 18.6 Å². The second kappa shape index (κ2) is 9.89. The maximum absolute atomic E-state index is 11.9. The summed E-state index contributed by atoms with van der Waals surface area (Å²) in [5.74, 6) is 0.476. The molecule has 0 spiro atoms. The van der Waals surface area contributed by atoms with E-state index < -0.39 is 0 Å². The summed E-state index contributed by atoms with van der Waals surface area (Å²) in [6.07, 6.45) is 1.61. The number of aromatic amines is 1. The van der Waals surface area contributed by atoms with Crippen LogP contribution in [0.15, 0.2) is 4.79 Å². The molecule has 0 fully saturated rings. The summed E-state index contributed by atoms with van der Waals surface area (Å²) in [7, 11) is 0. The fraction of sp³-hybridized carbons (Fsp3) is 0.611. The van der Waals surface area contributed by atoms with Crippen LogP contribution in [-0.2, 0) is 16.0 Å². The molecule has 1 heterocycles. The Kier molecular flexibility index (Phi) is 8.20. The highest BCUT2D eigenvalue weighted by Crippen LogP contribution is 2.14. The van der Waals surface area contributed by atoms with Gasteiger partial charge in [0, 0.05) is 31.9 Å². The molecule has 0 atom stereocenters. The van der Waals surface area contributed by atoms with Gasteiger partial charge in [-0.25, -0.2) is 0 Å². The average Bonchev–Trinajstić information content (AvgIpc) is 2.50. The lowest BCUT2D eigenvalue weighted by Crippen LogP contribution is -2.26. The Morgan fingerprint density at radius 2 is 2.08 bits per heavy atom. The summed E-state index contributed by atoms with van der Waals surface area (Å²) < 4.78 is 5.46. The molecule has 0 aromatic carbocycles. The quantitative estimate of drug-likeness (QED) is 0.676. The monoisotopic (exact) mass is 333 g/mol. The topological polar surface area (TPSA) is 95.0 Å². The molecular weight excluding hydrogens is 306 g/mol. The molecular formula is C18H27N3O3. The molecule has 0 bridgehead atoms. The van der Waals surface area contributed by atoms with Crippen molar-refractivity contribution in [1.29, 1.82) is 5.26 Å². The second-order valence-corrected chi connectivity index (χ2v) is 6.34. The van der Waals surface area contributed by atoms with Gasteiger partial charge in [-0.1, -0.05) is 13.8 Å². The Morgan fingerprint density at radius 3 is 2.71 bits per heavy atom. The van der Waals surface area contributed by atoms with Crippen molar-refractivity contribution in [3.05, 3.63) is 32.7 Å². The fourth-order valence-corrected chi connectivity index (χ4v) is 2.47. The van der Waals surface area contributed by atoms with Crippen LogP contribution in [0, 0.1) is 31.1 Å². The van der Waals surface area contributed by atoms with E-state index in [1.807, 2.05) is 6.07 Å². The molecule has 6 heteroatoms. The molecule has 6 nitrogen and oxygen atoms in total. The van der Waals surface area contributed by atoms with Crippen LogP contribution in [0.1, 0.15) is 49.1 Å². The number of hydrogen-bond donors (Lipinski definition) is 2. The Bertz CT molecular complexity index is 657. The Balaban J connectivity index is 2.43. The number of pyridine rings is 1. The zero-order chi connectivity index (χ0) is 18.1. The minimum Gasteiger partial charge on any atom is -0.381 e. The van der Waals surface area contributed by atoms with Crippen molar-refractivity contribution in [2.24, 2.45) is 5.92 Å². The maximum Gasteiger partial charge on any atom is 0.266 e. The molecule has 1 rings (SSSR count). The van der Waals surface area contributed by atoms with Gasteiger partial charge < -0.3 is 15.0 Å². The number of carbonyl (C=O) groups is 1. The van der Waals surface area contributed by atoms with Gasteiger partial charge in [-0.2, -0.15) is 5.26 Å². The summed E-state index contributed by atoms with van der Waals surface area (Å²) in [5, 5.41) is 11.9. The van der Waals surface area contributed by atoms with Crippen LogP contribution in [0.2, 0.25) is 0 Å². The number of rotatable bonds is 9. The highest BCUT2D eigenvalue weighted by atomic mass is 16.5. The van der Waals surface area contributed by atoms with Crippen LogP contribution in [0.5, 0.6) is 0 Å². The number of carbonyl (C=O) groups excluding carboxylic acids is 1. The van der Waals surface area contributed by atoms with Crippen LogP contribution in [-0.4, -0.2) is 30.6 Å². The van der Waals surface area contributed by atoms with Gasteiger partial charge in [-0.15, -0.1) is 0 Å². The number of aryl methyl sites for hydroxylation is 1. The molecule has 1 aromatic rings. The summed E-state index contributed by atoms with van der Waals surface area (Å²) >= 11 is 0. The van der Waals surface area contributed by atoms with Gasteiger partial charge in [0.1, 0.15) is 11.6 Å². The van der Waals surface area contributed by atoms with Gasteiger partial charge in [0.05, 0.1) is 0 Å². The van der Waals surface area contributed by atoms with Gasteiger partial charge in [0.25, 0.3) is 5.56 Å². The van der Waals surface area contributed by atoms with E-state index in [9.17, 15) is 9.59 Å². The predicted molar refractivity (Wildman–Crippen MR) is 92.9 cm³/mol. The number of amides is 1. The molecule has 0 saturated heterocycles. The minimum absolute atomic E-state index is 0.0395. The summed E-state index contributed by atoms with van der Waals surface area (Å²) in [4.78, 5) is 26.3. The molecule has 0 aliphatic heterocycles. The third-order valence-electron chi connectivity index (χ3n) is 3.76. The molecule has 1 aromatic heterocycles. The lowest BCUT2D eigenvalue weighted by molar-refractivity contribution is -0.121. The summed E-state index contributed by atoms with van der Waals surface area (Å²) in [6.45, 7) is 9.70. The van der Waals surface area contributed by atoms with E-state index in [2.05, 4.69) is 24.1 Å². The highest BCUT2D eigenvalue weighted by molar-refractivity contribution is 5.76. The van der Waals surface area contributed by atoms with E-state index in [-0.39, 0.29) is 17.0 Å². The third kappa shape index (κ3) is 6.17. The first-order valence-corrected chi connectivity index (χ1v) is 8.33. The van der Waals surface area contributed by atoms with E-state index in [4.69, 9.17) is 10.00 Å². The first-order chi connectivity index (χ1) is 11.4. The number of ether oxygens (including phenoxy) is 1. The van der Waals surface area contributed by atoms with Crippen LogP contribution < -0.4 is 10.9 Å². The smallest absolute Gasteiger partial charge is 0.266 e. The first-order valence-electron chi connectivity index (χ1n) is 8.33. The lowest BCUT2D eigenvalue weighted by Gasteiger charge is -2.11. The number of nitrogens with zero attached hydrogens (tertiary/aromatic N) is 1. The number of hydrogen-bond acceptors (Lipinski definition) is 4. The van der Waals surface area contributed by atoms with Gasteiger partial charge in [-0.05, 0) is 43.7 Å². The van der Waals surface area contributed by atoms with Gasteiger partial charge in [0.15, 0.2) is 0 Å². The van der Waals surface area contributed by atoms with Crippen molar-refractivity contribution in [3.63, 3.8) is 0 Å². The molecule has 132 valence electrons. The van der Waals surface area contributed by atoms with Crippen molar-refractivity contribution < 1.29 is 9.53 Å². The molecule has 0 saturated carbocycles. The van der Waals surface area contributed by atoms with Crippen molar-refractivity contribution in [2.45, 2.75) is 47.0 Å². The average molecular weight is 333 g/mol. The predicted octanol–water partition coefficient (Wildman–Crippen LogP) is 1.97. The standard InChI is InChI=1S/C18H27N3O3/c1-12(2)11-24-9-5-8-20-17(22)7-6-15-13(3)16(10-19)18(23)21-14(15)4/h12H,5-9,11H2,1-4H3,(H,20,22)(H,21,23). The van der Waals surface area contributed by atoms with Crippen molar-refractivity contribution in [2.75, 3.05) is 19.8 Å². The fourth-order valence-electron chi connectivity index (χ4n) is 2.47. The number of nitrogens with one attached hydrogen (secondary N) is 2. The first kappa shape index (κ1) is 19.9. The van der Waals surface area contributed by atoms with Gasteiger partial charge >= 0.3 is 0 Å². The number of aromatic nitrogens is 1. The van der Waals surface area contributed by atoms with Crippen molar-refractivity contribution in [1.82, 2.24) is 10.3 Å². The Hall–Kier alpha value is -2.13. The van der Waals surface area contributed by atoms with Crippen molar-refractivity contribution in [3.8, 4) is 6.07 Å². The normalized spacial score (nSPS) is 10.7. The molecule has 2 N–H and O–H groups in total. The number of H-pyrrole nitrogens is 1. The molecule has 0 unspecified atom stereocenters. The minimum atomic E-state index is -0.373. The largest absolute Gasteiger partial charge is 0.381 e. The lowest BCUT2D eigenvalue weighted by atomic mass is 9.99. The summed E-state index contributed by atoms with van der Waals surface area (Å²) in [6, 6.07) is 1.92. The van der Waals surface area contributed by atoms with Crippen molar-refractivity contribution >= 4 is 5.91 Å². The van der Waals surface area contributed by atoms with Crippen LogP contribution >= 0.6 is 0 Å². The number of nitriles is 1. The molecule has 0 aliphatic carbocycles. The van der Waals surface area contributed by atoms with Crippen LogP contribution in [0.4, 0.5) is 0 Å². The van der Waals surface area contributed by atoms with Crippen LogP contribution in [0.25, 0.3) is 0 Å². The van der Waals surface area contributed by atoms with E-state index >= 15 is 0 Å². The summed E-state index contributed by atoms with van der Waals surface area (Å²) in [5.41, 5.74) is 1.99. The molecule has 0 radical (unpaired) electrons. The maximum atomic E-state index is 11.9. The Morgan fingerprint density at radius 1 is 1.38 bits per heavy atom. The van der Waals surface area contributed by atoms with E-state index in [0.29, 0.717) is 43.2 Å². The van der Waals surface area contributed by atoms with Gasteiger partial charge in [-0.3, -0.25) is 9.59 Å². The SMILES string of the molecule is Cc1[nH]c(=O)c(C#N)c(C)c1CCC(=O)NCCCOCC(C)C. The third-order valence-corrected chi connectivity index (χ3v) is 3.76. The molecule has 0 aliphatic rings. The molecule has 1 amide bonds. The molecule has 24 heavy (non-hydrogen) atoms. The van der Waals surface area contributed by atoms with E-state index in [1.165, 1.54) is 0 Å². The van der Waals surface area contributed by atoms with Gasteiger partial charge in [0.2, 0.25) is 5.91 Å². The zero-order valence-electron chi connectivity index (χ0n) is 15.0. The second-order valence-electron chi connectivity index (χ2n) is 6.34.